The molecule has 0 heterocycles. The Morgan fingerprint density at radius 2 is 1.69 bits per heavy atom. The molecular formula is C21H26N2O5S. The minimum Gasteiger partial charge on any atom is -0.469 e. The van der Waals surface area contributed by atoms with Crippen LogP contribution in [0.15, 0.2) is 48.5 Å². The van der Waals surface area contributed by atoms with Crippen LogP contribution in [0.1, 0.15) is 29.2 Å². The minimum atomic E-state index is -3.69. The van der Waals surface area contributed by atoms with Gasteiger partial charge >= 0.3 is 5.97 Å². The lowest BCUT2D eigenvalue weighted by molar-refractivity contribution is -0.141. The summed E-state index contributed by atoms with van der Waals surface area (Å²) in [6.45, 7) is 3.31. The van der Waals surface area contributed by atoms with Crippen LogP contribution in [0, 0.1) is 13.8 Å². The molecule has 29 heavy (non-hydrogen) atoms. The molecule has 0 aliphatic heterocycles. The molecule has 0 aromatic heterocycles. The van der Waals surface area contributed by atoms with Gasteiger partial charge in [-0.25, -0.2) is 8.42 Å². The van der Waals surface area contributed by atoms with Gasteiger partial charge in [0, 0.05) is 0 Å². The number of carbonyl (C=O) groups is 2. The van der Waals surface area contributed by atoms with Crippen molar-refractivity contribution in [2.45, 2.75) is 26.3 Å². The summed E-state index contributed by atoms with van der Waals surface area (Å²) < 4.78 is 30.4. The van der Waals surface area contributed by atoms with E-state index in [1.807, 2.05) is 31.2 Å². The summed E-state index contributed by atoms with van der Waals surface area (Å²) >= 11 is 0. The van der Waals surface area contributed by atoms with Crippen molar-refractivity contribution in [1.82, 2.24) is 5.32 Å². The third-order valence-corrected chi connectivity index (χ3v) is 5.61. The zero-order chi connectivity index (χ0) is 21.6. The Balaban J connectivity index is 2.26. The molecule has 0 saturated carbocycles. The number of nitrogens with zero attached hydrogens (tertiary/aromatic N) is 1. The van der Waals surface area contributed by atoms with Crippen molar-refractivity contribution < 1.29 is 22.7 Å². The first kappa shape index (κ1) is 22.4. The van der Waals surface area contributed by atoms with Gasteiger partial charge in [-0.15, -0.1) is 0 Å². The monoisotopic (exact) mass is 418 g/mol. The Labute approximate surface area is 171 Å². The van der Waals surface area contributed by atoms with Crippen molar-refractivity contribution in [1.29, 1.82) is 0 Å². The summed E-state index contributed by atoms with van der Waals surface area (Å²) in [5, 5.41) is 2.76. The van der Waals surface area contributed by atoms with E-state index >= 15 is 0 Å². The normalized spacial score (nSPS) is 12.1. The van der Waals surface area contributed by atoms with Crippen LogP contribution in [0.3, 0.4) is 0 Å². The molecule has 2 aromatic carbocycles. The van der Waals surface area contributed by atoms with E-state index in [9.17, 15) is 18.0 Å². The molecule has 2 rings (SSSR count). The molecule has 0 aliphatic carbocycles. The molecule has 1 amide bonds. The van der Waals surface area contributed by atoms with Crippen molar-refractivity contribution in [2.75, 3.05) is 24.2 Å². The van der Waals surface area contributed by atoms with Gasteiger partial charge in [0.1, 0.15) is 6.54 Å². The Kier molecular flexibility index (Phi) is 7.39. The minimum absolute atomic E-state index is 0.0610. The molecular weight excluding hydrogens is 392 g/mol. The second kappa shape index (κ2) is 9.56. The Morgan fingerprint density at radius 3 is 2.24 bits per heavy atom. The van der Waals surface area contributed by atoms with E-state index in [2.05, 4.69) is 5.32 Å². The first-order valence-electron chi connectivity index (χ1n) is 9.08. The predicted molar refractivity (Wildman–Crippen MR) is 112 cm³/mol. The number of hydrogen-bond donors (Lipinski definition) is 1. The number of hydrogen-bond acceptors (Lipinski definition) is 5. The fourth-order valence-electron chi connectivity index (χ4n) is 2.90. The number of anilines is 1. The molecule has 0 radical (unpaired) electrons. The maximum absolute atomic E-state index is 12.7. The van der Waals surface area contributed by atoms with Crippen molar-refractivity contribution in [3.05, 3.63) is 65.2 Å². The quantitative estimate of drug-likeness (QED) is 0.665. The largest absolute Gasteiger partial charge is 0.469 e. The Bertz CT molecular complexity index is 971. The highest BCUT2D eigenvalue weighted by Gasteiger charge is 2.25. The number of aryl methyl sites for hydroxylation is 2. The zero-order valence-electron chi connectivity index (χ0n) is 17.0. The number of sulfonamides is 1. The standard InChI is InChI=1S/C21H26N2O5S/c1-15-9-11-17(12-10-15)18(13-21(25)28-3)22-20(24)14-23(29(4,26)27)19-8-6-5-7-16(19)2/h5-12,18H,13-14H2,1-4H3,(H,22,24). The van der Waals surface area contributed by atoms with Crippen LogP contribution in [0.25, 0.3) is 0 Å². The Hall–Kier alpha value is -2.87. The number of rotatable bonds is 8. The van der Waals surface area contributed by atoms with Crippen LogP contribution in [0.2, 0.25) is 0 Å². The number of esters is 1. The second-order valence-electron chi connectivity index (χ2n) is 6.87. The number of benzene rings is 2. The van der Waals surface area contributed by atoms with Gasteiger partial charge < -0.3 is 10.1 Å². The maximum atomic E-state index is 12.7. The molecule has 0 bridgehead atoms. The summed E-state index contributed by atoms with van der Waals surface area (Å²) in [6.07, 6.45) is 0.993. The first-order valence-corrected chi connectivity index (χ1v) is 10.9. The second-order valence-corrected chi connectivity index (χ2v) is 8.77. The zero-order valence-corrected chi connectivity index (χ0v) is 17.8. The highest BCUT2D eigenvalue weighted by Crippen LogP contribution is 2.23. The van der Waals surface area contributed by atoms with Crippen LogP contribution in [-0.2, 0) is 24.3 Å². The Morgan fingerprint density at radius 1 is 1.07 bits per heavy atom. The van der Waals surface area contributed by atoms with Crippen molar-refractivity contribution in [3.63, 3.8) is 0 Å². The van der Waals surface area contributed by atoms with E-state index in [0.29, 0.717) is 5.69 Å². The number of carbonyl (C=O) groups excluding carboxylic acids is 2. The first-order chi connectivity index (χ1) is 13.6. The van der Waals surface area contributed by atoms with Crippen molar-refractivity contribution in [3.8, 4) is 0 Å². The van der Waals surface area contributed by atoms with Gasteiger partial charge in [0.2, 0.25) is 15.9 Å². The SMILES string of the molecule is COC(=O)CC(NC(=O)CN(c1ccccc1C)S(C)(=O)=O)c1ccc(C)cc1. The van der Waals surface area contributed by atoms with E-state index in [1.54, 1.807) is 31.2 Å². The summed E-state index contributed by atoms with van der Waals surface area (Å²) in [5.41, 5.74) is 2.94. The number of nitrogens with one attached hydrogen (secondary N) is 1. The van der Waals surface area contributed by atoms with Crippen LogP contribution < -0.4 is 9.62 Å². The van der Waals surface area contributed by atoms with Crippen molar-refractivity contribution >= 4 is 27.6 Å². The van der Waals surface area contributed by atoms with Gasteiger partial charge in [0.05, 0.1) is 31.5 Å². The summed E-state index contributed by atoms with van der Waals surface area (Å²) in [7, 11) is -2.41. The highest BCUT2D eigenvalue weighted by molar-refractivity contribution is 7.92. The molecule has 8 heteroatoms. The summed E-state index contributed by atoms with van der Waals surface area (Å²) in [6, 6.07) is 13.7. The lowest BCUT2D eigenvalue weighted by Crippen LogP contribution is -2.42. The molecule has 156 valence electrons. The van der Waals surface area contributed by atoms with Crippen LogP contribution >= 0.6 is 0 Å². The predicted octanol–water partition coefficient (Wildman–Crippen LogP) is 2.49. The lowest BCUT2D eigenvalue weighted by Gasteiger charge is -2.25. The highest BCUT2D eigenvalue weighted by atomic mass is 32.2. The number of ether oxygens (including phenoxy) is 1. The molecule has 0 saturated heterocycles. The van der Waals surface area contributed by atoms with Crippen molar-refractivity contribution in [2.24, 2.45) is 0 Å². The molecule has 0 aliphatic rings. The molecule has 2 aromatic rings. The van der Waals surface area contributed by atoms with E-state index in [0.717, 1.165) is 27.3 Å². The maximum Gasteiger partial charge on any atom is 0.307 e. The molecule has 7 nitrogen and oxygen atoms in total. The molecule has 1 N–H and O–H groups in total. The molecule has 1 atom stereocenters. The van der Waals surface area contributed by atoms with Gasteiger partial charge in [-0.05, 0) is 31.0 Å². The molecule has 0 fully saturated rings. The number of amides is 1. The van der Waals surface area contributed by atoms with Gasteiger partial charge in [-0.1, -0.05) is 48.0 Å². The molecule has 1 unspecified atom stereocenters. The van der Waals surface area contributed by atoms with Crippen LogP contribution in [0.4, 0.5) is 5.69 Å². The average Bonchev–Trinajstić information content (AvgIpc) is 2.66. The van der Waals surface area contributed by atoms with E-state index in [1.165, 1.54) is 7.11 Å². The summed E-state index contributed by atoms with van der Waals surface area (Å²) in [4.78, 5) is 24.5. The topological polar surface area (TPSA) is 92.8 Å². The van der Waals surface area contributed by atoms with E-state index < -0.39 is 34.5 Å². The third-order valence-electron chi connectivity index (χ3n) is 4.49. The van der Waals surface area contributed by atoms with Gasteiger partial charge in [0.25, 0.3) is 0 Å². The number of para-hydroxylation sites is 1. The number of methoxy groups -OCH3 is 1. The fourth-order valence-corrected chi connectivity index (χ4v) is 3.81. The van der Waals surface area contributed by atoms with Gasteiger partial charge in [-0.3, -0.25) is 13.9 Å². The van der Waals surface area contributed by atoms with E-state index in [4.69, 9.17) is 4.74 Å². The van der Waals surface area contributed by atoms with Gasteiger partial charge in [0.15, 0.2) is 0 Å². The smallest absolute Gasteiger partial charge is 0.307 e. The van der Waals surface area contributed by atoms with E-state index in [-0.39, 0.29) is 6.42 Å². The molecule has 0 spiro atoms. The fraction of sp³-hybridized carbons (Fsp3) is 0.333. The van der Waals surface area contributed by atoms with Gasteiger partial charge in [-0.2, -0.15) is 0 Å². The van der Waals surface area contributed by atoms with Crippen LogP contribution in [-0.4, -0.2) is 40.2 Å². The van der Waals surface area contributed by atoms with Crippen LogP contribution in [0.5, 0.6) is 0 Å². The summed E-state index contributed by atoms with van der Waals surface area (Å²) in [5.74, 6) is -0.997. The lowest BCUT2D eigenvalue weighted by atomic mass is 10.0. The third kappa shape index (κ3) is 6.32. The average molecular weight is 419 g/mol.